The standard InChI is InChI=1S/C14H22F6O/c1-8-5-9(11(2,3)21)7-10(6-8)12(4,13(15,16)17)14(18,19)20/h8-10,21H,5-7H2,1-4H3. The van der Waals surface area contributed by atoms with E-state index in [4.69, 9.17) is 0 Å². The van der Waals surface area contributed by atoms with Crippen molar-refractivity contribution in [3.8, 4) is 0 Å². The van der Waals surface area contributed by atoms with Crippen LogP contribution < -0.4 is 0 Å². The Bertz CT molecular complexity index is 351. The summed E-state index contributed by atoms with van der Waals surface area (Å²) >= 11 is 0. The Kier molecular flexibility index (Phi) is 4.71. The van der Waals surface area contributed by atoms with Gasteiger partial charge in [0.15, 0.2) is 5.41 Å². The summed E-state index contributed by atoms with van der Waals surface area (Å²) in [5, 5.41) is 9.99. The van der Waals surface area contributed by atoms with E-state index in [0.29, 0.717) is 6.42 Å². The fourth-order valence-electron chi connectivity index (χ4n) is 3.28. The molecular formula is C14H22F6O. The summed E-state index contributed by atoms with van der Waals surface area (Å²) in [6.07, 6.45) is -10.7. The molecule has 3 unspecified atom stereocenters. The predicted octanol–water partition coefficient (Wildman–Crippen LogP) is 4.94. The van der Waals surface area contributed by atoms with Crippen LogP contribution in [0.3, 0.4) is 0 Å². The molecule has 0 heterocycles. The fourth-order valence-corrected chi connectivity index (χ4v) is 3.28. The van der Waals surface area contributed by atoms with Crippen LogP contribution >= 0.6 is 0 Å². The lowest BCUT2D eigenvalue weighted by molar-refractivity contribution is -0.357. The van der Waals surface area contributed by atoms with Gasteiger partial charge in [-0.05, 0) is 57.8 Å². The van der Waals surface area contributed by atoms with Crippen LogP contribution in [0, 0.1) is 23.2 Å². The Morgan fingerprint density at radius 3 is 1.48 bits per heavy atom. The third-order valence-electron chi connectivity index (χ3n) is 4.94. The zero-order valence-electron chi connectivity index (χ0n) is 12.6. The molecule has 0 radical (unpaired) electrons. The zero-order chi connectivity index (χ0) is 16.9. The van der Waals surface area contributed by atoms with Crippen LogP contribution in [0.15, 0.2) is 0 Å². The van der Waals surface area contributed by atoms with Gasteiger partial charge in [-0.3, -0.25) is 0 Å². The molecule has 0 bridgehead atoms. The Balaban J connectivity index is 3.20. The van der Waals surface area contributed by atoms with Crippen LogP contribution in [0.2, 0.25) is 0 Å². The van der Waals surface area contributed by atoms with Crippen molar-refractivity contribution in [3.05, 3.63) is 0 Å². The summed E-state index contributed by atoms with van der Waals surface area (Å²) in [5.74, 6) is -2.43. The fraction of sp³-hybridized carbons (Fsp3) is 1.00. The largest absolute Gasteiger partial charge is 0.403 e. The first-order chi connectivity index (χ1) is 9.10. The monoisotopic (exact) mass is 320 g/mol. The highest BCUT2D eigenvalue weighted by molar-refractivity contribution is 4.99. The molecule has 0 aromatic carbocycles. The SMILES string of the molecule is CC1CC(C(C)(C)O)CC(C(C)(C(F)(F)F)C(F)(F)F)C1. The molecule has 3 atom stereocenters. The molecule has 1 N–H and O–H groups in total. The third kappa shape index (κ3) is 3.48. The van der Waals surface area contributed by atoms with Crippen LogP contribution in [0.5, 0.6) is 0 Å². The lowest BCUT2D eigenvalue weighted by atomic mass is 9.61. The van der Waals surface area contributed by atoms with Crippen molar-refractivity contribution >= 4 is 0 Å². The summed E-state index contributed by atoms with van der Waals surface area (Å²) < 4.78 is 78.9. The average molecular weight is 320 g/mol. The maximum absolute atomic E-state index is 13.2. The lowest BCUT2D eigenvalue weighted by Crippen LogP contribution is -2.55. The summed E-state index contributed by atoms with van der Waals surface area (Å²) in [7, 11) is 0. The Morgan fingerprint density at radius 2 is 1.14 bits per heavy atom. The highest BCUT2D eigenvalue weighted by Gasteiger charge is 2.71. The zero-order valence-corrected chi connectivity index (χ0v) is 12.6. The van der Waals surface area contributed by atoms with E-state index in [9.17, 15) is 31.4 Å². The van der Waals surface area contributed by atoms with E-state index in [1.807, 2.05) is 0 Å². The van der Waals surface area contributed by atoms with Gasteiger partial charge in [-0.2, -0.15) is 26.3 Å². The van der Waals surface area contributed by atoms with Crippen LogP contribution in [-0.4, -0.2) is 23.1 Å². The number of aliphatic hydroxyl groups is 1. The summed E-state index contributed by atoms with van der Waals surface area (Å²) in [6.45, 7) is 4.76. The van der Waals surface area contributed by atoms with E-state index in [1.54, 1.807) is 6.92 Å². The predicted molar refractivity (Wildman–Crippen MR) is 66.5 cm³/mol. The van der Waals surface area contributed by atoms with E-state index < -0.39 is 35.2 Å². The molecule has 1 aliphatic carbocycles. The maximum atomic E-state index is 13.2. The van der Waals surface area contributed by atoms with Gasteiger partial charge in [0.2, 0.25) is 0 Å². The van der Waals surface area contributed by atoms with E-state index in [-0.39, 0.29) is 25.7 Å². The number of hydrogen-bond donors (Lipinski definition) is 1. The maximum Gasteiger partial charge on any atom is 0.403 e. The van der Waals surface area contributed by atoms with Crippen molar-refractivity contribution in [1.82, 2.24) is 0 Å². The molecule has 0 aromatic heterocycles. The molecule has 21 heavy (non-hydrogen) atoms. The van der Waals surface area contributed by atoms with Crippen LogP contribution in [0.4, 0.5) is 26.3 Å². The second-order valence-electron chi connectivity index (χ2n) is 7.06. The van der Waals surface area contributed by atoms with Crippen molar-refractivity contribution in [1.29, 1.82) is 0 Å². The number of rotatable bonds is 2. The van der Waals surface area contributed by atoms with Gasteiger partial charge in [-0.25, -0.2) is 0 Å². The van der Waals surface area contributed by atoms with Crippen molar-refractivity contribution in [2.45, 2.75) is 64.9 Å². The average Bonchev–Trinajstić information content (AvgIpc) is 2.22. The van der Waals surface area contributed by atoms with Crippen LogP contribution in [-0.2, 0) is 0 Å². The van der Waals surface area contributed by atoms with Gasteiger partial charge in [0.05, 0.1) is 5.60 Å². The van der Waals surface area contributed by atoms with Gasteiger partial charge in [-0.15, -0.1) is 0 Å². The minimum atomic E-state index is -5.36. The smallest absolute Gasteiger partial charge is 0.390 e. The highest BCUT2D eigenvalue weighted by atomic mass is 19.4. The molecule has 0 aromatic rings. The number of alkyl halides is 6. The molecule has 7 heteroatoms. The second-order valence-corrected chi connectivity index (χ2v) is 7.06. The van der Waals surface area contributed by atoms with Gasteiger partial charge in [-0.1, -0.05) is 6.92 Å². The first-order valence-corrected chi connectivity index (χ1v) is 6.96. The lowest BCUT2D eigenvalue weighted by Gasteiger charge is -2.47. The van der Waals surface area contributed by atoms with Crippen molar-refractivity contribution in [3.63, 3.8) is 0 Å². The second kappa shape index (κ2) is 5.32. The van der Waals surface area contributed by atoms with Gasteiger partial charge >= 0.3 is 12.4 Å². The van der Waals surface area contributed by atoms with Gasteiger partial charge in [0.25, 0.3) is 0 Å². The molecule has 126 valence electrons. The molecule has 0 spiro atoms. The van der Waals surface area contributed by atoms with Gasteiger partial charge in [0, 0.05) is 0 Å². The number of hydrogen-bond acceptors (Lipinski definition) is 1. The summed E-state index contributed by atoms with van der Waals surface area (Å²) in [5.41, 5.74) is -5.02. The van der Waals surface area contributed by atoms with E-state index in [0.717, 1.165) is 0 Å². The summed E-state index contributed by atoms with van der Waals surface area (Å²) in [4.78, 5) is 0. The van der Waals surface area contributed by atoms with Crippen molar-refractivity contribution < 1.29 is 31.4 Å². The molecular weight excluding hydrogens is 298 g/mol. The Hall–Kier alpha value is -0.460. The topological polar surface area (TPSA) is 20.2 Å². The third-order valence-corrected chi connectivity index (χ3v) is 4.94. The van der Waals surface area contributed by atoms with Gasteiger partial charge < -0.3 is 5.11 Å². The molecule has 1 nitrogen and oxygen atoms in total. The molecule has 1 fully saturated rings. The Morgan fingerprint density at radius 1 is 0.762 bits per heavy atom. The minimum absolute atomic E-state index is 0.137. The molecule has 1 saturated carbocycles. The highest BCUT2D eigenvalue weighted by Crippen LogP contribution is 2.59. The van der Waals surface area contributed by atoms with Crippen LogP contribution in [0.1, 0.15) is 47.0 Å². The Labute approximate surface area is 120 Å². The quantitative estimate of drug-likeness (QED) is 0.715. The first-order valence-electron chi connectivity index (χ1n) is 6.96. The normalized spacial score (nSPS) is 29.6. The van der Waals surface area contributed by atoms with E-state index >= 15 is 0 Å². The van der Waals surface area contributed by atoms with Crippen molar-refractivity contribution in [2.24, 2.45) is 23.2 Å². The number of halogens is 6. The van der Waals surface area contributed by atoms with Crippen LogP contribution in [0.25, 0.3) is 0 Å². The molecule has 0 aliphatic heterocycles. The van der Waals surface area contributed by atoms with Gasteiger partial charge in [0.1, 0.15) is 0 Å². The van der Waals surface area contributed by atoms with E-state index in [2.05, 4.69) is 0 Å². The molecule has 0 saturated heterocycles. The first kappa shape index (κ1) is 18.6. The van der Waals surface area contributed by atoms with E-state index in [1.165, 1.54) is 13.8 Å². The molecule has 1 aliphatic rings. The van der Waals surface area contributed by atoms with Crippen molar-refractivity contribution in [2.75, 3.05) is 0 Å². The summed E-state index contributed by atoms with van der Waals surface area (Å²) in [6, 6.07) is 0. The molecule has 0 amide bonds. The molecule has 1 rings (SSSR count). The minimum Gasteiger partial charge on any atom is -0.390 e.